The van der Waals surface area contributed by atoms with Crippen molar-refractivity contribution in [2.24, 2.45) is 7.05 Å². The number of nitrogens with zero attached hydrogens (tertiary/aromatic N) is 3. The van der Waals surface area contributed by atoms with Gasteiger partial charge < -0.3 is 9.67 Å². The number of benzene rings is 1. The lowest BCUT2D eigenvalue weighted by molar-refractivity contribution is -0.136. The van der Waals surface area contributed by atoms with E-state index in [0.29, 0.717) is 5.16 Å². The van der Waals surface area contributed by atoms with Crippen molar-refractivity contribution in [1.82, 2.24) is 14.8 Å². The van der Waals surface area contributed by atoms with Gasteiger partial charge in [0.25, 0.3) is 0 Å². The molecule has 1 unspecified atom stereocenters. The van der Waals surface area contributed by atoms with E-state index >= 15 is 0 Å². The molecule has 1 aromatic heterocycles. The number of hydrogen-bond donors (Lipinski definition) is 1. The highest BCUT2D eigenvalue weighted by Gasteiger charge is 2.18. The third-order valence-corrected chi connectivity index (χ3v) is 3.90. The average Bonchev–Trinajstić information content (AvgIpc) is 2.72. The average molecular weight is 277 g/mol. The Labute approximate surface area is 115 Å². The van der Waals surface area contributed by atoms with Crippen molar-refractivity contribution in [3.05, 3.63) is 29.8 Å². The van der Waals surface area contributed by atoms with Crippen LogP contribution in [0.3, 0.4) is 0 Å². The number of aryl methyl sites for hydroxylation is 1. The summed E-state index contributed by atoms with van der Waals surface area (Å²) in [5.74, 6) is -0.120. The fraction of sp³-hybridized carbons (Fsp3) is 0.308. The standard InChI is InChI=1S/C13H15N3O2S/c1-8-4-6-10(7-5-8)11-14-15-13(16(11)3)19-9(2)12(17)18/h4-7,9H,1-3H3,(H,17,18). The van der Waals surface area contributed by atoms with E-state index in [4.69, 9.17) is 5.11 Å². The third kappa shape index (κ3) is 2.96. The van der Waals surface area contributed by atoms with Crippen molar-refractivity contribution in [2.75, 3.05) is 0 Å². The second-order valence-electron chi connectivity index (χ2n) is 4.33. The number of carbonyl (C=O) groups is 1. The monoisotopic (exact) mass is 277 g/mol. The quantitative estimate of drug-likeness (QED) is 0.869. The topological polar surface area (TPSA) is 68.0 Å². The molecule has 6 heteroatoms. The molecule has 0 aliphatic heterocycles. The highest BCUT2D eigenvalue weighted by molar-refractivity contribution is 8.00. The molecule has 1 atom stereocenters. The highest BCUT2D eigenvalue weighted by atomic mass is 32.2. The maximum atomic E-state index is 10.9. The fourth-order valence-corrected chi connectivity index (χ4v) is 2.33. The van der Waals surface area contributed by atoms with Crippen LogP contribution >= 0.6 is 11.8 Å². The van der Waals surface area contributed by atoms with Crippen LogP contribution in [-0.4, -0.2) is 31.1 Å². The first-order chi connectivity index (χ1) is 8.99. The van der Waals surface area contributed by atoms with Gasteiger partial charge in [-0.3, -0.25) is 4.79 Å². The predicted molar refractivity (Wildman–Crippen MR) is 74.1 cm³/mol. The normalized spacial score (nSPS) is 12.4. The minimum absolute atomic E-state index is 0.547. The summed E-state index contributed by atoms with van der Waals surface area (Å²) in [4.78, 5) is 10.9. The van der Waals surface area contributed by atoms with Crippen molar-refractivity contribution in [2.45, 2.75) is 24.3 Å². The minimum Gasteiger partial charge on any atom is -0.480 e. The molecule has 0 bridgehead atoms. The van der Waals surface area contributed by atoms with Crippen LogP contribution < -0.4 is 0 Å². The summed E-state index contributed by atoms with van der Waals surface area (Å²) in [6.07, 6.45) is 0. The summed E-state index contributed by atoms with van der Waals surface area (Å²) in [6.45, 7) is 3.66. The smallest absolute Gasteiger partial charge is 0.316 e. The van der Waals surface area contributed by atoms with Crippen LogP contribution in [0, 0.1) is 6.92 Å². The van der Waals surface area contributed by atoms with Gasteiger partial charge in [-0.15, -0.1) is 10.2 Å². The lowest BCUT2D eigenvalue weighted by Crippen LogP contribution is -2.12. The molecule has 0 aliphatic rings. The lowest BCUT2D eigenvalue weighted by Gasteiger charge is -2.06. The maximum Gasteiger partial charge on any atom is 0.316 e. The van der Waals surface area contributed by atoms with E-state index in [9.17, 15) is 4.79 Å². The van der Waals surface area contributed by atoms with Crippen LogP contribution in [0.25, 0.3) is 11.4 Å². The molecule has 1 N–H and O–H groups in total. The summed E-state index contributed by atoms with van der Waals surface area (Å²) in [6, 6.07) is 7.98. The van der Waals surface area contributed by atoms with Crippen molar-refractivity contribution in [1.29, 1.82) is 0 Å². The molecule has 19 heavy (non-hydrogen) atoms. The van der Waals surface area contributed by atoms with Crippen molar-refractivity contribution in [3.8, 4) is 11.4 Å². The van der Waals surface area contributed by atoms with Gasteiger partial charge in [0.2, 0.25) is 0 Å². The molecule has 0 fully saturated rings. The zero-order valence-corrected chi connectivity index (χ0v) is 11.8. The molecular formula is C13H15N3O2S. The Kier molecular flexibility index (Phi) is 3.90. The first-order valence-electron chi connectivity index (χ1n) is 5.85. The zero-order valence-electron chi connectivity index (χ0n) is 11.0. The summed E-state index contributed by atoms with van der Waals surface area (Å²) in [5.41, 5.74) is 2.15. The molecule has 5 nitrogen and oxygen atoms in total. The molecule has 1 aromatic carbocycles. The maximum absolute atomic E-state index is 10.9. The van der Waals surface area contributed by atoms with E-state index in [1.807, 2.05) is 42.8 Å². The van der Waals surface area contributed by atoms with Gasteiger partial charge in [-0.05, 0) is 13.8 Å². The Hall–Kier alpha value is -1.82. The number of aromatic nitrogens is 3. The van der Waals surface area contributed by atoms with Gasteiger partial charge in [-0.25, -0.2) is 0 Å². The number of rotatable bonds is 4. The SMILES string of the molecule is Cc1ccc(-c2nnc(SC(C)C(=O)O)n2C)cc1. The fourth-order valence-electron chi connectivity index (χ4n) is 1.58. The van der Waals surface area contributed by atoms with Crippen LogP contribution in [0.5, 0.6) is 0 Å². The minimum atomic E-state index is -0.857. The molecule has 0 saturated carbocycles. The van der Waals surface area contributed by atoms with Gasteiger partial charge in [-0.2, -0.15) is 0 Å². The first kappa shape index (κ1) is 13.6. The Balaban J connectivity index is 2.27. The summed E-state index contributed by atoms with van der Waals surface area (Å²) >= 11 is 1.19. The van der Waals surface area contributed by atoms with E-state index in [2.05, 4.69) is 10.2 Å². The number of aliphatic carboxylic acids is 1. The lowest BCUT2D eigenvalue weighted by atomic mass is 10.1. The molecule has 0 aliphatic carbocycles. The van der Waals surface area contributed by atoms with E-state index in [0.717, 1.165) is 11.4 Å². The number of carboxylic acids is 1. The van der Waals surface area contributed by atoms with Crippen LogP contribution in [0.4, 0.5) is 0 Å². The molecule has 0 radical (unpaired) electrons. The van der Waals surface area contributed by atoms with E-state index < -0.39 is 11.2 Å². The predicted octanol–water partition coefficient (Wildman–Crippen LogP) is 2.36. The third-order valence-electron chi connectivity index (χ3n) is 2.77. The van der Waals surface area contributed by atoms with Gasteiger partial charge in [-0.1, -0.05) is 41.6 Å². The second kappa shape index (κ2) is 5.44. The highest BCUT2D eigenvalue weighted by Crippen LogP contribution is 2.25. The van der Waals surface area contributed by atoms with Crippen molar-refractivity contribution < 1.29 is 9.90 Å². The Bertz CT molecular complexity index is 592. The van der Waals surface area contributed by atoms with E-state index in [1.165, 1.54) is 17.3 Å². The molecule has 2 rings (SSSR count). The van der Waals surface area contributed by atoms with Crippen LogP contribution in [0.2, 0.25) is 0 Å². The molecule has 0 saturated heterocycles. The van der Waals surface area contributed by atoms with Gasteiger partial charge in [0.1, 0.15) is 5.25 Å². The van der Waals surface area contributed by atoms with Gasteiger partial charge >= 0.3 is 5.97 Å². The van der Waals surface area contributed by atoms with Crippen molar-refractivity contribution >= 4 is 17.7 Å². The Morgan fingerprint density at radius 1 is 1.32 bits per heavy atom. The van der Waals surface area contributed by atoms with Gasteiger partial charge in [0, 0.05) is 12.6 Å². The number of carboxylic acid groups (broad SMARTS) is 1. The molecule has 0 amide bonds. The van der Waals surface area contributed by atoms with Gasteiger partial charge in [0.15, 0.2) is 11.0 Å². The molecule has 1 heterocycles. The van der Waals surface area contributed by atoms with E-state index in [-0.39, 0.29) is 0 Å². The largest absolute Gasteiger partial charge is 0.480 e. The molecular weight excluding hydrogens is 262 g/mol. The summed E-state index contributed by atoms with van der Waals surface area (Å²) < 4.78 is 1.81. The Morgan fingerprint density at radius 2 is 1.95 bits per heavy atom. The van der Waals surface area contributed by atoms with Crippen LogP contribution in [0.15, 0.2) is 29.4 Å². The Morgan fingerprint density at radius 3 is 2.53 bits per heavy atom. The number of thioether (sulfide) groups is 1. The summed E-state index contributed by atoms with van der Waals surface area (Å²) in [5, 5.41) is 17.1. The second-order valence-corrected chi connectivity index (χ2v) is 5.64. The van der Waals surface area contributed by atoms with Gasteiger partial charge in [0.05, 0.1) is 0 Å². The van der Waals surface area contributed by atoms with Crippen LogP contribution in [0.1, 0.15) is 12.5 Å². The van der Waals surface area contributed by atoms with Crippen molar-refractivity contribution in [3.63, 3.8) is 0 Å². The molecule has 100 valence electrons. The summed E-state index contributed by atoms with van der Waals surface area (Å²) in [7, 11) is 1.84. The zero-order chi connectivity index (χ0) is 14.0. The number of hydrogen-bond acceptors (Lipinski definition) is 4. The molecule has 0 spiro atoms. The van der Waals surface area contributed by atoms with Crippen LogP contribution in [-0.2, 0) is 11.8 Å². The first-order valence-corrected chi connectivity index (χ1v) is 6.73. The molecule has 2 aromatic rings. The van der Waals surface area contributed by atoms with E-state index in [1.54, 1.807) is 6.92 Å².